The van der Waals surface area contributed by atoms with Crippen LogP contribution in [0.4, 0.5) is 11.5 Å². The number of hydrogen-bond donors (Lipinski definition) is 2. The van der Waals surface area contributed by atoms with Gasteiger partial charge in [0, 0.05) is 31.2 Å². The minimum absolute atomic E-state index is 0.263. The molecule has 3 aromatic rings. The maximum Gasteiger partial charge on any atom is 0.276 e. The van der Waals surface area contributed by atoms with Gasteiger partial charge in [0.25, 0.3) is 5.91 Å². The fraction of sp³-hybridized carbons (Fsp3) is 0.357. The molecule has 1 amide bonds. The van der Waals surface area contributed by atoms with Crippen LogP contribution in [-0.2, 0) is 0 Å². The third kappa shape index (κ3) is 5.39. The SMILES string of the molecule is C=N/C=C(\C=C(/C)c1ccc2[nH]nc(C(=O)Nc3ccc(N4CCCC4)nc3)c2c1)CN1CCCC1. The first-order valence-electron chi connectivity index (χ1n) is 12.7. The van der Waals surface area contributed by atoms with Crippen LogP contribution in [0.25, 0.3) is 16.5 Å². The van der Waals surface area contributed by atoms with Gasteiger partial charge in [0.2, 0.25) is 0 Å². The number of rotatable bonds is 8. The highest BCUT2D eigenvalue weighted by atomic mass is 16.1. The van der Waals surface area contributed by atoms with E-state index in [1.54, 1.807) is 6.20 Å². The lowest BCUT2D eigenvalue weighted by Crippen LogP contribution is -2.21. The number of aliphatic imine (C=N–C) groups is 1. The molecule has 1 aromatic carbocycles. The summed E-state index contributed by atoms with van der Waals surface area (Å²) in [6, 6.07) is 9.88. The smallest absolute Gasteiger partial charge is 0.276 e. The van der Waals surface area contributed by atoms with Crippen LogP contribution < -0.4 is 10.2 Å². The van der Waals surface area contributed by atoms with Crippen LogP contribution in [0.1, 0.15) is 48.7 Å². The summed E-state index contributed by atoms with van der Waals surface area (Å²) >= 11 is 0. The summed E-state index contributed by atoms with van der Waals surface area (Å²) in [7, 11) is 0. The van der Waals surface area contributed by atoms with E-state index < -0.39 is 0 Å². The molecule has 0 bridgehead atoms. The lowest BCUT2D eigenvalue weighted by atomic mass is 10.0. The third-order valence-corrected chi connectivity index (χ3v) is 6.93. The molecule has 0 atom stereocenters. The Morgan fingerprint density at radius 1 is 1.14 bits per heavy atom. The van der Waals surface area contributed by atoms with Crippen molar-refractivity contribution in [3.05, 3.63) is 65.6 Å². The third-order valence-electron chi connectivity index (χ3n) is 6.93. The fourth-order valence-corrected chi connectivity index (χ4v) is 5.02. The summed E-state index contributed by atoms with van der Waals surface area (Å²) in [5.74, 6) is 0.689. The van der Waals surface area contributed by atoms with Gasteiger partial charge in [-0.15, -0.1) is 0 Å². The van der Waals surface area contributed by atoms with Gasteiger partial charge < -0.3 is 10.2 Å². The Bertz CT molecular complexity index is 1290. The Hall–Kier alpha value is -3.78. The summed E-state index contributed by atoms with van der Waals surface area (Å²) in [6.45, 7) is 10.9. The van der Waals surface area contributed by atoms with E-state index in [4.69, 9.17) is 0 Å². The van der Waals surface area contributed by atoms with Crippen molar-refractivity contribution in [3.8, 4) is 0 Å². The molecule has 186 valence electrons. The number of hydrogen-bond acceptors (Lipinski definition) is 6. The van der Waals surface area contributed by atoms with Crippen molar-refractivity contribution in [2.75, 3.05) is 42.9 Å². The maximum absolute atomic E-state index is 13.1. The number of aromatic amines is 1. The minimum atomic E-state index is -0.263. The van der Waals surface area contributed by atoms with Crippen LogP contribution in [0.5, 0.6) is 0 Å². The van der Waals surface area contributed by atoms with Crippen molar-refractivity contribution in [1.29, 1.82) is 0 Å². The highest BCUT2D eigenvalue weighted by molar-refractivity contribution is 6.11. The van der Waals surface area contributed by atoms with E-state index >= 15 is 0 Å². The number of nitrogens with one attached hydrogen (secondary N) is 2. The molecule has 2 aliphatic rings. The lowest BCUT2D eigenvalue weighted by Gasteiger charge is -2.16. The van der Waals surface area contributed by atoms with Crippen LogP contribution in [-0.4, -0.2) is 65.4 Å². The van der Waals surface area contributed by atoms with Crippen molar-refractivity contribution in [2.24, 2.45) is 4.99 Å². The van der Waals surface area contributed by atoms with Gasteiger partial charge in [0.1, 0.15) is 5.82 Å². The molecule has 0 spiro atoms. The molecule has 8 nitrogen and oxygen atoms in total. The molecule has 2 aromatic heterocycles. The quantitative estimate of drug-likeness (QED) is 0.352. The van der Waals surface area contributed by atoms with Gasteiger partial charge in [-0.25, -0.2) is 4.98 Å². The first-order valence-corrected chi connectivity index (χ1v) is 12.7. The molecule has 0 saturated carbocycles. The Morgan fingerprint density at radius 3 is 2.64 bits per heavy atom. The predicted molar refractivity (Wildman–Crippen MR) is 147 cm³/mol. The maximum atomic E-state index is 13.1. The van der Waals surface area contributed by atoms with Crippen LogP contribution in [0, 0.1) is 0 Å². The molecule has 0 aliphatic carbocycles. The summed E-state index contributed by atoms with van der Waals surface area (Å²) < 4.78 is 0. The largest absolute Gasteiger partial charge is 0.357 e. The highest BCUT2D eigenvalue weighted by Gasteiger charge is 2.17. The topological polar surface area (TPSA) is 89.5 Å². The number of H-pyrrole nitrogens is 1. The van der Waals surface area contributed by atoms with Gasteiger partial charge in [-0.05, 0) is 93.4 Å². The molecular formula is C28H33N7O. The molecular weight excluding hydrogens is 450 g/mol. The zero-order chi connectivity index (χ0) is 24.9. The van der Waals surface area contributed by atoms with Gasteiger partial charge in [-0.3, -0.25) is 19.8 Å². The summed E-state index contributed by atoms with van der Waals surface area (Å²) in [5, 5.41) is 11.0. The number of carbonyl (C=O) groups excluding carboxylic acids is 1. The number of pyridine rings is 1. The summed E-state index contributed by atoms with van der Waals surface area (Å²) in [5.41, 5.74) is 5.09. The number of fused-ring (bicyclic) bond motifs is 1. The zero-order valence-electron chi connectivity index (χ0n) is 20.8. The molecule has 2 fully saturated rings. The van der Waals surface area contributed by atoms with Crippen molar-refractivity contribution in [3.63, 3.8) is 0 Å². The molecule has 2 aliphatic heterocycles. The number of likely N-dealkylation sites (tertiary alicyclic amines) is 1. The zero-order valence-corrected chi connectivity index (χ0v) is 20.8. The number of amides is 1. The van der Waals surface area contributed by atoms with E-state index in [-0.39, 0.29) is 5.91 Å². The van der Waals surface area contributed by atoms with E-state index in [1.807, 2.05) is 36.5 Å². The van der Waals surface area contributed by atoms with Crippen LogP contribution in [0.3, 0.4) is 0 Å². The van der Waals surface area contributed by atoms with E-state index in [0.29, 0.717) is 11.4 Å². The second-order valence-electron chi connectivity index (χ2n) is 9.58. The van der Waals surface area contributed by atoms with E-state index in [9.17, 15) is 4.79 Å². The standard InChI is InChI=1S/C28H33N7O/c1-20(15-21(17-29-2)19-34-11-3-4-12-34)22-7-9-25-24(16-22)27(33-32-25)28(36)31-23-8-10-26(30-18-23)35-13-5-6-14-35/h7-10,15-18H,2-6,11-14,19H2,1H3,(H,31,36)(H,32,33)/b20-15+,21-17+. The summed E-state index contributed by atoms with van der Waals surface area (Å²) in [4.78, 5) is 26.3. The van der Waals surface area contributed by atoms with Crippen molar-refractivity contribution in [1.82, 2.24) is 20.1 Å². The van der Waals surface area contributed by atoms with Crippen LogP contribution in [0.2, 0.25) is 0 Å². The summed E-state index contributed by atoms with van der Waals surface area (Å²) in [6.07, 6.45) is 10.6. The van der Waals surface area contributed by atoms with Gasteiger partial charge in [-0.2, -0.15) is 5.10 Å². The minimum Gasteiger partial charge on any atom is -0.357 e. The first kappa shape index (κ1) is 23.9. The molecule has 36 heavy (non-hydrogen) atoms. The number of aromatic nitrogens is 3. The highest BCUT2D eigenvalue weighted by Crippen LogP contribution is 2.25. The van der Waals surface area contributed by atoms with Gasteiger partial charge in [-0.1, -0.05) is 12.1 Å². The van der Waals surface area contributed by atoms with Gasteiger partial charge >= 0.3 is 0 Å². The second-order valence-corrected chi connectivity index (χ2v) is 9.58. The van der Waals surface area contributed by atoms with Crippen molar-refractivity contribution < 1.29 is 4.79 Å². The normalized spacial score (nSPS) is 17.2. The number of allylic oxidation sites excluding steroid dienone is 1. The average Bonchev–Trinajstić information content (AvgIpc) is 3.66. The number of carbonyl (C=O) groups is 1. The van der Waals surface area contributed by atoms with E-state index in [2.05, 4.69) is 55.0 Å². The molecule has 2 saturated heterocycles. The molecule has 0 radical (unpaired) electrons. The molecule has 4 heterocycles. The van der Waals surface area contributed by atoms with Crippen molar-refractivity contribution >= 4 is 40.6 Å². The Morgan fingerprint density at radius 2 is 1.92 bits per heavy atom. The fourth-order valence-electron chi connectivity index (χ4n) is 5.02. The molecule has 0 unspecified atom stereocenters. The van der Waals surface area contributed by atoms with Crippen LogP contribution in [0.15, 0.2) is 59.4 Å². The predicted octanol–water partition coefficient (Wildman–Crippen LogP) is 4.89. The Labute approximate surface area is 211 Å². The van der Waals surface area contributed by atoms with E-state index in [1.165, 1.54) is 25.7 Å². The number of nitrogens with zero attached hydrogens (tertiary/aromatic N) is 5. The lowest BCUT2D eigenvalue weighted by molar-refractivity contribution is 0.102. The number of anilines is 2. The Kier molecular flexibility index (Phi) is 7.23. The van der Waals surface area contributed by atoms with Gasteiger partial charge in [0.05, 0.1) is 17.4 Å². The monoisotopic (exact) mass is 483 g/mol. The first-order chi connectivity index (χ1) is 17.6. The molecule has 5 rings (SSSR count). The average molecular weight is 484 g/mol. The second kappa shape index (κ2) is 10.9. The van der Waals surface area contributed by atoms with Gasteiger partial charge in [0.15, 0.2) is 5.69 Å². The Balaban J connectivity index is 1.33. The van der Waals surface area contributed by atoms with Crippen molar-refractivity contribution in [2.45, 2.75) is 32.6 Å². The van der Waals surface area contributed by atoms with E-state index in [0.717, 1.165) is 66.2 Å². The molecule has 8 heteroatoms. The number of benzene rings is 1. The van der Waals surface area contributed by atoms with Crippen LogP contribution >= 0.6 is 0 Å². The molecule has 2 N–H and O–H groups in total.